The van der Waals surface area contributed by atoms with Crippen LogP contribution in [0.25, 0.3) is 0 Å². The zero-order valence-electron chi connectivity index (χ0n) is 7.62. The Balaban J connectivity index is 1.76. The van der Waals surface area contributed by atoms with E-state index in [2.05, 4.69) is 10.3 Å². The minimum absolute atomic E-state index is 0.536. The Morgan fingerprint density at radius 2 is 2.15 bits per heavy atom. The van der Waals surface area contributed by atoms with Gasteiger partial charge >= 0.3 is 0 Å². The fraction of sp³-hybridized carbons (Fsp3) is 0.700. The predicted molar refractivity (Wildman–Crippen MR) is 48.7 cm³/mol. The van der Waals surface area contributed by atoms with Gasteiger partial charge in [-0.2, -0.15) is 0 Å². The van der Waals surface area contributed by atoms with Gasteiger partial charge in [0.25, 0.3) is 0 Å². The first-order valence-corrected chi connectivity index (χ1v) is 5.10. The first-order valence-electron chi connectivity index (χ1n) is 5.10. The van der Waals surface area contributed by atoms with Gasteiger partial charge in [-0.15, -0.1) is 0 Å². The average molecular weight is 178 g/mol. The van der Waals surface area contributed by atoms with E-state index in [0.717, 1.165) is 24.7 Å². The smallest absolute Gasteiger partial charge is 0.200 e. The van der Waals surface area contributed by atoms with Gasteiger partial charge in [0.1, 0.15) is 5.76 Å². The topological polar surface area (TPSA) is 38.1 Å². The Hall–Kier alpha value is -0.830. The Morgan fingerprint density at radius 3 is 2.69 bits per heavy atom. The normalized spacial score (nSPS) is 24.0. The second-order valence-electron chi connectivity index (χ2n) is 4.08. The van der Waals surface area contributed by atoms with Crippen molar-refractivity contribution in [3.05, 3.63) is 17.8 Å². The molecular formula is C10H14N2O. The molecule has 2 aliphatic rings. The maximum absolute atomic E-state index is 5.74. The molecule has 3 rings (SSSR count). The van der Waals surface area contributed by atoms with Crippen LogP contribution in [0, 0.1) is 0 Å². The first-order chi connectivity index (χ1) is 6.43. The minimum Gasteiger partial charge on any atom is -0.445 e. The van der Waals surface area contributed by atoms with Gasteiger partial charge in [-0.3, -0.25) is 0 Å². The van der Waals surface area contributed by atoms with E-state index in [1.54, 1.807) is 0 Å². The van der Waals surface area contributed by atoms with Crippen molar-refractivity contribution in [2.45, 2.75) is 31.1 Å². The first kappa shape index (κ1) is 7.56. The van der Waals surface area contributed by atoms with Crippen molar-refractivity contribution in [1.29, 1.82) is 0 Å². The summed E-state index contributed by atoms with van der Waals surface area (Å²) in [6.07, 6.45) is 5.86. The molecule has 1 aromatic heterocycles. The second-order valence-corrected chi connectivity index (χ2v) is 4.08. The molecule has 1 saturated carbocycles. The van der Waals surface area contributed by atoms with Gasteiger partial charge in [0, 0.05) is 19.0 Å². The number of rotatable bonds is 2. The van der Waals surface area contributed by atoms with Crippen LogP contribution in [0.4, 0.5) is 0 Å². The summed E-state index contributed by atoms with van der Waals surface area (Å²) in [7, 11) is 0. The zero-order chi connectivity index (χ0) is 8.67. The summed E-state index contributed by atoms with van der Waals surface area (Å²) >= 11 is 0. The summed E-state index contributed by atoms with van der Waals surface area (Å²) in [6.45, 7) is 2.06. The molecule has 0 amide bonds. The highest BCUT2D eigenvalue weighted by Gasteiger charge is 2.27. The van der Waals surface area contributed by atoms with Crippen molar-refractivity contribution in [2.24, 2.45) is 0 Å². The Bertz CT molecular complexity index is 271. The molecule has 1 aliphatic heterocycles. The van der Waals surface area contributed by atoms with Crippen LogP contribution in [-0.2, 0) is 0 Å². The molecule has 3 nitrogen and oxygen atoms in total. The molecule has 70 valence electrons. The summed E-state index contributed by atoms with van der Waals surface area (Å²) in [4.78, 5) is 4.33. The van der Waals surface area contributed by atoms with E-state index in [1.807, 2.05) is 6.20 Å². The van der Waals surface area contributed by atoms with Crippen LogP contribution >= 0.6 is 0 Å². The molecule has 2 fully saturated rings. The van der Waals surface area contributed by atoms with E-state index in [4.69, 9.17) is 4.42 Å². The van der Waals surface area contributed by atoms with Crippen molar-refractivity contribution >= 4 is 0 Å². The molecule has 3 heteroatoms. The van der Waals surface area contributed by atoms with Crippen LogP contribution in [0.3, 0.4) is 0 Å². The van der Waals surface area contributed by atoms with Crippen LogP contribution in [0.2, 0.25) is 0 Å². The summed E-state index contributed by atoms with van der Waals surface area (Å²) in [5, 5.41) is 3.23. The second kappa shape index (κ2) is 2.84. The molecule has 1 N–H and O–H groups in total. The van der Waals surface area contributed by atoms with Gasteiger partial charge in [-0.25, -0.2) is 4.98 Å². The van der Waals surface area contributed by atoms with E-state index < -0.39 is 0 Å². The van der Waals surface area contributed by atoms with Gasteiger partial charge in [0.05, 0.1) is 12.1 Å². The lowest BCUT2D eigenvalue weighted by Gasteiger charge is -2.25. The van der Waals surface area contributed by atoms with Crippen LogP contribution in [-0.4, -0.2) is 18.1 Å². The molecule has 0 unspecified atom stereocenters. The summed E-state index contributed by atoms with van der Waals surface area (Å²) in [6, 6.07) is 0. The molecular weight excluding hydrogens is 164 g/mol. The summed E-state index contributed by atoms with van der Waals surface area (Å²) in [5.41, 5.74) is 0. The molecule has 13 heavy (non-hydrogen) atoms. The maximum Gasteiger partial charge on any atom is 0.200 e. The highest BCUT2D eigenvalue weighted by molar-refractivity contribution is 5.09. The molecule has 1 aromatic rings. The Morgan fingerprint density at radius 1 is 1.31 bits per heavy atom. The van der Waals surface area contributed by atoms with Crippen molar-refractivity contribution in [2.75, 3.05) is 13.1 Å². The van der Waals surface area contributed by atoms with Gasteiger partial charge in [0.2, 0.25) is 0 Å². The number of hydrogen-bond acceptors (Lipinski definition) is 3. The van der Waals surface area contributed by atoms with E-state index in [-0.39, 0.29) is 0 Å². The lowest BCUT2D eigenvalue weighted by Crippen LogP contribution is -2.40. The third-order valence-electron chi connectivity index (χ3n) is 3.18. The fourth-order valence-electron chi connectivity index (χ4n) is 1.83. The molecule has 0 aromatic carbocycles. The molecule has 0 radical (unpaired) electrons. The predicted octanol–water partition coefficient (Wildman–Crippen LogP) is 1.63. The quantitative estimate of drug-likeness (QED) is 0.748. The van der Waals surface area contributed by atoms with Crippen molar-refractivity contribution in [3.8, 4) is 0 Å². The molecule has 1 saturated heterocycles. The SMILES string of the molecule is c1nc(C2CNC2)oc1C1CCC1. The number of oxazole rings is 1. The number of nitrogens with one attached hydrogen (secondary N) is 1. The van der Waals surface area contributed by atoms with Gasteiger partial charge in [-0.1, -0.05) is 6.42 Å². The van der Waals surface area contributed by atoms with Crippen molar-refractivity contribution in [3.63, 3.8) is 0 Å². The van der Waals surface area contributed by atoms with Gasteiger partial charge < -0.3 is 9.73 Å². The molecule has 2 heterocycles. The molecule has 1 aliphatic carbocycles. The fourth-order valence-corrected chi connectivity index (χ4v) is 1.83. The van der Waals surface area contributed by atoms with Crippen molar-refractivity contribution < 1.29 is 4.42 Å². The van der Waals surface area contributed by atoms with E-state index >= 15 is 0 Å². The van der Waals surface area contributed by atoms with E-state index in [0.29, 0.717) is 11.8 Å². The third kappa shape index (κ3) is 1.18. The van der Waals surface area contributed by atoms with Crippen molar-refractivity contribution in [1.82, 2.24) is 10.3 Å². The number of hydrogen-bond donors (Lipinski definition) is 1. The summed E-state index contributed by atoms with van der Waals surface area (Å²) in [5.74, 6) is 3.27. The lowest BCUT2D eigenvalue weighted by molar-refractivity contribution is 0.302. The van der Waals surface area contributed by atoms with Crippen LogP contribution in [0.15, 0.2) is 10.6 Å². The zero-order valence-corrected chi connectivity index (χ0v) is 7.62. The highest BCUT2D eigenvalue weighted by Crippen LogP contribution is 2.37. The molecule has 0 spiro atoms. The highest BCUT2D eigenvalue weighted by atomic mass is 16.4. The standard InChI is InChI=1S/C10H14N2O/c1-2-7(3-1)9-6-12-10(13-9)8-4-11-5-8/h6-8,11H,1-5H2. The number of nitrogens with zero attached hydrogens (tertiary/aromatic N) is 1. The Kier molecular flexibility index (Phi) is 1.65. The lowest BCUT2D eigenvalue weighted by atomic mass is 9.84. The summed E-state index contributed by atoms with van der Waals surface area (Å²) < 4.78 is 5.74. The number of aromatic nitrogens is 1. The van der Waals surface area contributed by atoms with E-state index in [9.17, 15) is 0 Å². The monoisotopic (exact) mass is 178 g/mol. The largest absolute Gasteiger partial charge is 0.445 e. The molecule has 0 atom stereocenters. The van der Waals surface area contributed by atoms with Crippen LogP contribution < -0.4 is 5.32 Å². The third-order valence-corrected chi connectivity index (χ3v) is 3.18. The van der Waals surface area contributed by atoms with Gasteiger partial charge in [0.15, 0.2) is 5.89 Å². The Labute approximate surface area is 77.5 Å². The van der Waals surface area contributed by atoms with Crippen LogP contribution in [0.1, 0.15) is 42.7 Å². The van der Waals surface area contributed by atoms with E-state index in [1.165, 1.54) is 19.3 Å². The van der Waals surface area contributed by atoms with Crippen LogP contribution in [0.5, 0.6) is 0 Å². The maximum atomic E-state index is 5.74. The van der Waals surface area contributed by atoms with Gasteiger partial charge in [-0.05, 0) is 12.8 Å². The minimum atomic E-state index is 0.536. The molecule has 0 bridgehead atoms. The average Bonchev–Trinajstić information content (AvgIpc) is 2.29.